The quantitative estimate of drug-likeness (QED) is 0.803. The predicted molar refractivity (Wildman–Crippen MR) is 74.1 cm³/mol. The SMILES string of the molecule is Cc1cc2c(c(=O)[nH]1)C(c1cc[nH+]cc1)C(C#N)=C(N)O2. The van der Waals surface area contributed by atoms with E-state index in [-0.39, 0.29) is 17.0 Å². The third-order valence-corrected chi connectivity index (χ3v) is 3.43. The monoisotopic (exact) mass is 281 g/mol. The molecule has 6 heteroatoms. The number of H-pyrrole nitrogens is 2. The fraction of sp³-hybridized carbons (Fsp3) is 0.133. The van der Waals surface area contributed by atoms with Crippen LogP contribution in [0.15, 0.2) is 46.8 Å². The lowest BCUT2D eigenvalue weighted by molar-refractivity contribution is -0.378. The Kier molecular flexibility index (Phi) is 2.95. The Morgan fingerprint density at radius 3 is 2.81 bits per heavy atom. The molecule has 0 fully saturated rings. The van der Waals surface area contributed by atoms with Gasteiger partial charge >= 0.3 is 0 Å². The smallest absolute Gasteiger partial charge is 0.256 e. The fourth-order valence-corrected chi connectivity index (χ4v) is 2.53. The molecular formula is C15H13N4O2+. The molecule has 0 aliphatic carbocycles. The second-order valence-corrected chi connectivity index (χ2v) is 4.82. The van der Waals surface area contributed by atoms with Gasteiger partial charge in [-0.05, 0) is 12.5 Å². The summed E-state index contributed by atoms with van der Waals surface area (Å²) in [6, 6.07) is 7.38. The molecule has 1 aliphatic rings. The van der Waals surface area contributed by atoms with Crippen molar-refractivity contribution >= 4 is 0 Å². The van der Waals surface area contributed by atoms with Crippen molar-refractivity contribution in [3.63, 3.8) is 0 Å². The molecule has 0 saturated carbocycles. The minimum Gasteiger partial charge on any atom is -0.440 e. The number of nitrogens with two attached hydrogens (primary N) is 1. The molecule has 21 heavy (non-hydrogen) atoms. The van der Waals surface area contributed by atoms with Gasteiger partial charge in [0.1, 0.15) is 17.4 Å². The molecule has 0 saturated heterocycles. The van der Waals surface area contributed by atoms with Gasteiger partial charge in [0.05, 0.1) is 11.5 Å². The summed E-state index contributed by atoms with van der Waals surface area (Å²) < 4.78 is 5.46. The third kappa shape index (κ3) is 2.05. The van der Waals surface area contributed by atoms with Crippen LogP contribution in [0.1, 0.15) is 22.7 Å². The minimum absolute atomic E-state index is 0.0350. The molecule has 1 unspecified atom stereocenters. The maximum absolute atomic E-state index is 12.3. The zero-order valence-electron chi connectivity index (χ0n) is 11.3. The third-order valence-electron chi connectivity index (χ3n) is 3.43. The maximum atomic E-state index is 12.3. The van der Waals surface area contributed by atoms with Gasteiger partial charge < -0.3 is 15.5 Å². The maximum Gasteiger partial charge on any atom is 0.256 e. The first-order valence-electron chi connectivity index (χ1n) is 6.39. The number of nitrogens with zero attached hydrogens (tertiary/aromatic N) is 1. The molecule has 4 N–H and O–H groups in total. The Balaban J connectivity index is 2.32. The van der Waals surface area contributed by atoms with Crippen molar-refractivity contribution in [1.82, 2.24) is 4.98 Å². The zero-order valence-corrected chi connectivity index (χ0v) is 11.3. The average molecular weight is 281 g/mol. The van der Waals surface area contributed by atoms with Gasteiger partial charge in [0.25, 0.3) is 5.56 Å². The summed E-state index contributed by atoms with van der Waals surface area (Å²) in [7, 11) is 0. The first-order valence-corrected chi connectivity index (χ1v) is 6.39. The van der Waals surface area contributed by atoms with Crippen LogP contribution in [0.25, 0.3) is 0 Å². The molecule has 1 atom stereocenters. The number of fused-ring (bicyclic) bond motifs is 1. The molecule has 0 aromatic carbocycles. The number of rotatable bonds is 1. The number of aromatic amines is 2. The molecule has 2 aromatic rings. The summed E-state index contributed by atoms with van der Waals surface area (Å²) in [4.78, 5) is 18.0. The first kappa shape index (κ1) is 12.9. The topological polar surface area (TPSA) is 106 Å². The average Bonchev–Trinajstić information content (AvgIpc) is 2.46. The van der Waals surface area contributed by atoms with Crippen molar-refractivity contribution in [3.8, 4) is 11.8 Å². The molecule has 0 amide bonds. The second-order valence-electron chi connectivity index (χ2n) is 4.82. The largest absolute Gasteiger partial charge is 0.440 e. The Hall–Kier alpha value is -3.07. The van der Waals surface area contributed by atoms with Crippen LogP contribution in [0.2, 0.25) is 0 Å². The highest BCUT2D eigenvalue weighted by atomic mass is 16.5. The van der Waals surface area contributed by atoms with Crippen molar-refractivity contribution in [2.24, 2.45) is 5.73 Å². The molecule has 6 nitrogen and oxygen atoms in total. The first-order chi connectivity index (χ1) is 10.1. The van der Waals surface area contributed by atoms with Crippen molar-refractivity contribution < 1.29 is 9.72 Å². The van der Waals surface area contributed by atoms with Gasteiger partial charge in [-0.1, -0.05) is 0 Å². The summed E-state index contributed by atoms with van der Waals surface area (Å²) in [5.74, 6) is -0.101. The Labute approximate surface area is 120 Å². The van der Waals surface area contributed by atoms with Gasteiger partial charge in [-0.15, -0.1) is 0 Å². The van der Waals surface area contributed by atoms with Crippen molar-refractivity contribution in [2.45, 2.75) is 12.8 Å². The Bertz CT molecular complexity index is 831. The highest BCUT2D eigenvalue weighted by Crippen LogP contribution is 2.39. The van der Waals surface area contributed by atoms with E-state index >= 15 is 0 Å². The van der Waals surface area contributed by atoms with Crippen LogP contribution in [0.4, 0.5) is 0 Å². The molecule has 2 aromatic heterocycles. The van der Waals surface area contributed by atoms with Crippen molar-refractivity contribution in [3.05, 3.63) is 69.2 Å². The van der Waals surface area contributed by atoms with Crippen LogP contribution in [-0.2, 0) is 0 Å². The van der Waals surface area contributed by atoms with Gasteiger partial charge in [0, 0.05) is 23.9 Å². The summed E-state index contributed by atoms with van der Waals surface area (Å²) >= 11 is 0. The Morgan fingerprint density at radius 1 is 1.43 bits per heavy atom. The van der Waals surface area contributed by atoms with E-state index in [4.69, 9.17) is 10.5 Å². The standard InChI is InChI=1S/C15H12N4O2/c1-8-6-11-13(15(20)19-8)12(9-2-4-18-5-3-9)10(7-16)14(17)21-11/h2-6,12H,17H2,1H3,(H,19,20)/p+1. The van der Waals surface area contributed by atoms with Crippen LogP contribution in [0, 0.1) is 18.3 Å². The van der Waals surface area contributed by atoms with Crippen LogP contribution in [0.5, 0.6) is 5.75 Å². The summed E-state index contributed by atoms with van der Waals surface area (Å²) in [6.07, 6.45) is 3.47. The van der Waals surface area contributed by atoms with Gasteiger partial charge in [-0.2, -0.15) is 5.26 Å². The van der Waals surface area contributed by atoms with E-state index in [2.05, 4.69) is 16.0 Å². The van der Waals surface area contributed by atoms with Crippen LogP contribution >= 0.6 is 0 Å². The molecule has 1 aliphatic heterocycles. The number of pyridine rings is 2. The van der Waals surface area contributed by atoms with E-state index in [1.54, 1.807) is 25.4 Å². The van der Waals surface area contributed by atoms with E-state index in [9.17, 15) is 10.1 Å². The highest BCUT2D eigenvalue weighted by Gasteiger charge is 2.33. The van der Waals surface area contributed by atoms with E-state index in [1.807, 2.05) is 12.1 Å². The number of allylic oxidation sites excluding steroid dienone is 1. The van der Waals surface area contributed by atoms with E-state index in [0.29, 0.717) is 17.0 Å². The molecule has 3 rings (SSSR count). The molecule has 104 valence electrons. The van der Waals surface area contributed by atoms with Gasteiger partial charge in [0.15, 0.2) is 12.4 Å². The number of aryl methyl sites for hydroxylation is 1. The summed E-state index contributed by atoms with van der Waals surface area (Å²) in [6.45, 7) is 1.76. The van der Waals surface area contributed by atoms with Crippen LogP contribution in [0.3, 0.4) is 0 Å². The molecular weight excluding hydrogens is 268 g/mol. The Morgan fingerprint density at radius 2 is 2.14 bits per heavy atom. The molecule has 0 bridgehead atoms. The van der Waals surface area contributed by atoms with Crippen molar-refractivity contribution in [1.29, 1.82) is 5.26 Å². The number of hydrogen-bond donors (Lipinski definition) is 2. The molecule has 0 radical (unpaired) electrons. The number of hydrogen-bond acceptors (Lipinski definition) is 4. The second kappa shape index (κ2) is 4.80. The van der Waals surface area contributed by atoms with Crippen LogP contribution in [-0.4, -0.2) is 4.98 Å². The number of nitriles is 1. The van der Waals surface area contributed by atoms with Crippen LogP contribution < -0.4 is 21.0 Å². The highest BCUT2D eigenvalue weighted by molar-refractivity contribution is 5.54. The predicted octanol–water partition coefficient (Wildman–Crippen LogP) is 0.716. The summed E-state index contributed by atoms with van der Waals surface area (Å²) in [5, 5.41) is 9.38. The zero-order chi connectivity index (χ0) is 15.0. The number of nitrogens with one attached hydrogen (secondary N) is 2. The lowest BCUT2D eigenvalue weighted by Gasteiger charge is -2.25. The number of aromatic nitrogens is 2. The van der Waals surface area contributed by atoms with Crippen molar-refractivity contribution in [2.75, 3.05) is 0 Å². The van der Waals surface area contributed by atoms with E-state index in [1.165, 1.54) is 0 Å². The molecule has 0 spiro atoms. The lowest BCUT2D eigenvalue weighted by Crippen LogP contribution is -2.28. The minimum atomic E-state index is -0.530. The van der Waals surface area contributed by atoms with Gasteiger partial charge in [-0.3, -0.25) is 4.79 Å². The lowest BCUT2D eigenvalue weighted by atomic mass is 9.84. The van der Waals surface area contributed by atoms with E-state index in [0.717, 1.165) is 5.56 Å². The normalized spacial score (nSPS) is 16.9. The van der Waals surface area contributed by atoms with E-state index < -0.39 is 5.92 Å². The van der Waals surface area contributed by atoms with Gasteiger partial charge in [0.2, 0.25) is 5.88 Å². The summed E-state index contributed by atoms with van der Waals surface area (Å²) in [5.41, 5.74) is 7.68. The number of ether oxygens (including phenoxy) is 1. The molecule has 3 heterocycles. The fourth-order valence-electron chi connectivity index (χ4n) is 2.53. The van der Waals surface area contributed by atoms with Gasteiger partial charge in [-0.25, -0.2) is 4.98 Å².